The number of fused-ring (bicyclic) bond motifs is 1. The first-order valence-corrected chi connectivity index (χ1v) is 8.08. The fourth-order valence-corrected chi connectivity index (χ4v) is 2.96. The van der Waals surface area contributed by atoms with E-state index in [1.165, 1.54) is 37.4 Å². The van der Waals surface area contributed by atoms with Crippen molar-refractivity contribution in [2.45, 2.75) is 19.8 Å². The van der Waals surface area contributed by atoms with Crippen LogP contribution < -0.4 is 10.2 Å². The third-order valence-electron chi connectivity index (χ3n) is 4.14. The highest BCUT2D eigenvalue weighted by Gasteiger charge is 2.24. The number of phenols is 1. The summed E-state index contributed by atoms with van der Waals surface area (Å²) in [7, 11) is 1.33. The van der Waals surface area contributed by atoms with Crippen molar-refractivity contribution in [1.29, 1.82) is 0 Å². The third-order valence-corrected chi connectivity index (χ3v) is 4.14. The molecular weight excluding hydrogens is 338 g/mol. The number of aromatic hydroxyl groups is 1. The van der Waals surface area contributed by atoms with E-state index in [0.29, 0.717) is 17.4 Å². The molecule has 0 aliphatic heterocycles. The Hall–Kier alpha value is -3.35. The number of ether oxygens (including phenoxy) is 1. The highest BCUT2D eigenvalue weighted by atomic mass is 16.6. The second-order valence-electron chi connectivity index (χ2n) is 5.78. The summed E-state index contributed by atoms with van der Waals surface area (Å²) >= 11 is 0. The maximum atomic E-state index is 12.5. The molecule has 0 fully saturated rings. The van der Waals surface area contributed by atoms with Crippen LogP contribution in [-0.4, -0.2) is 17.1 Å². The molecular formula is C19H17NO6. The number of hydrogen-bond acceptors (Lipinski definition) is 6. The van der Waals surface area contributed by atoms with Gasteiger partial charge in [-0.1, -0.05) is 19.4 Å². The highest BCUT2D eigenvalue weighted by Crippen LogP contribution is 2.38. The van der Waals surface area contributed by atoms with Crippen LogP contribution >= 0.6 is 0 Å². The Balaban J connectivity index is 2.36. The number of benzene rings is 2. The standard InChI is InChI=1S/C19H17NO6/c1-3-5-11-14(21)9-8-12-15(22)10-17(26-19(11)12)13-6-4-7-16(25-2)18(13)20(23)24/h4,6-10,21H,3,5H2,1-2H3. The van der Waals surface area contributed by atoms with Crippen LogP contribution in [0.1, 0.15) is 18.9 Å². The van der Waals surface area contributed by atoms with E-state index in [-0.39, 0.29) is 39.5 Å². The SMILES string of the molecule is CCCc1c(O)ccc2c(=O)cc(-c3cccc(OC)c3[N+](=O)[O-])oc12. The Bertz CT molecular complexity index is 1050. The molecule has 0 radical (unpaired) electrons. The van der Waals surface area contributed by atoms with Gasteiger partial charge in [-0.05, 0) is 30.7 Å². The van der Waals surface area contributed by atoms with Crippen molar-refractivity contribution in [3.63, 3.8) is 0 Å². The normalized spacial score (nSPS) is 10.8. The summed E-state index contributed by atoms with van der Waals surface area (Å²) in [4.78, 5) is 23.5. The van der Waals surface area contributed by atoms with E-state index in [1.54, 1.807) is 6.07 Å². The molecule has 0 atom stereocenters. The number of rotatable bonds is 5. The van der Waals surface area contributed by atoms with Gasteiger partial charge < -0.3 is 14.3 Å². The molecule has 1 heterocycles. The number of phenolic OH excluding ortho intramolecular Hbond substituents is 1. The zero-order valence-corrected chi connectivity index (χ0v) is 14.3. The lowest BCUT2D eigenvalue weighted by atomic mass is 10.0. The number of para-hydroxylation sites is 1. The van der Waals surface area contributed by atoms with Gasteiger partial charge in [-0.25, -0.2) is 0 Å². The molecule has 0 saturated heterocycles. The molecule has 1 N–H and O–H groups in total. The third kappa shape index (κ3) is 2.88. The van der Waals surface area contributed by atoms with Gasteiger partial charge in [-0.15, -0.1) is 0 Å². The lowest BCUT2D eigenvalue weighted by molar-refractivity contribution is -0.385. The first kappa shape index (κ1) is 17.5. The van der Waals surface area contributed by atoms with Crippen molar-refractivity contribution >= 4 is 16.7 Å². The molecule has 0 aliphatic rings. The van der Waals surface area contributed by atoms with E-state index in [1.807, 2.05) is 6.92 Å². The van der Waals surface area contributed by atoms with E-state index in [0.717, 1.165) is 6.42 Å². The van der Waals surface area contributed by atoms with Crippen LogP contribution in [0.3, 0.4) is 0 Å². The maximum Gasteiger partial charge on any atom is 0.321 e. The Labute approximate surface area is 148 Å². The summed E-state index contributed by atoms with van der Waals surface area (Å²) < 4.78 is 10.9. The molecule has 0 amide bonds. The minimum atomic E-state index is -0.576. The number of hydrogen-bond donors (Lipinski definition) is 1. The highest BCUT2D eigenvalue weighted by molar-refractivity contribution is 5.85. The van der Waals surface area contributed by atoms with E-state index in [4.69, 9.17) is 9.15 Å². The summed E-state index contributed by atoms with van der Waals surface area (Å²) in [6.45, 7) is 1.94. The van der Waals surface area contributed by atoms with Crippen LogP contribution in [0.2, 0.25) is 0 Å². The van der Waals surface area contributed by atoms with Crippen molar-refractivity contribution in [3.05, 3.63) is 62.3 Å². The molecule has 134 valence electrons. The minimum absolute atomic E-state index is 0.0276. The first-order chi connectivity index (χ1) is 12.5. The molecule has 7 heteroatoms. The van der Waals surface area contributed by atoms with Crippen molar-refractivity contribution in [1.82, 2.24) is 0 Å². The van der Waals surface area contributed by atoms with Gasteiger partial charge in [0.2, 0.25) is 0 Å². The van der Waals surface area contributed by atoms with E-state index in [2.05, 4.69) is 0 Å². The van der Waals surface area contributed by atoms with Gasteiger partial charge >= 0.3 is 5.69 Å². The summed E-state index contributed by atoms with van der Waals surface area (Å²) in [5.74, 6) is 0.149. The molecule has 3 aromatic rings. The number of nitro groups is 1. The van der Waals surface area contributed by atoms with Crippen LogP contribution in [0.15, 0.2) is 45.6 Å². The summed E-state index contributed by atoms with van der Waals surface area (Å²) in [6.07, 6.45) is 1.25. The Morgan fingerprint density at radius 3 is 2.69 bits per heavy atom. The zero-order chi connectivity index (χ0) is 18.8. The lowest BCUT2D eigenvalue weighted by Crippen LogP contribution is -2.04. The summed E-state index contributed by atoms with van der Waals surface area (Å²) in [6, 6.07) is 8.71. The summed E-state index contributed by atoms with van der Waals surface area (Å²) in [5.41, 5.74) is 0.269. The Morgan fingerprint density at radius 1 is 1.27 bits per heavy atom. The summed E-state index contributed by atoms with van der Waals surface area (Å²) in [5, 5.41) is 22.0. The van der Waals surface area contributed by atoms with Crippen molar-refractivity contribution < 1.29 is 19.2 Å². The maximum absolute atomic E-state index is 12.5. The largest absolute Gasteiger partial charge is 0.508 e. The van der Waals surface area contributed by atoms with Crippen molar-refractivity contribution in [3.8, 4) is 22.8 Å². The van der Waals surface area contributed by atoms with E-state index < -0.39 is 4.92 Å². The average molecular weight is 355 g/mol. The second-order valence-corrected chi connectivity index (χ2v) is 5.78. The van der Waals surface area contributed by atoms with E-state index in [9.17, 15) is 20.0 Å². The van der Waals surface area contributed by atoms with Crippen molar-refractivity contribution in [2.75, 3.05) is 7.11 Å². The molecule has 0 aliphatic carbocycles. The van der Waals surface area contributed by atoms with Crippen LogP contribution in [0.5, 0.6) is 11.5 Å². The Kier molecular flexibility index (Phi) is 4.62. The van der Waals surface area contributed by atoms with Gasteiger partial charge in [0.15, 0.2) is 11.2 Å². The average Bonchev–Trinajstić information content (AvgIpc) is 2.63. The smallest absolute Gasteiger partial charge is 0.321 e. The van der Waals surface area contributed by atoms with Gasteiger partial charge in [-0.2, -0.15) is 0 Å². The van der Waals surface area contributed by atoms with Crippen LogP contribution in [0.4, 0.5) is 5.69 Å². The fraction of sp³-hybridized carbons (Fsp3) is 0.211. The zero-order valence-electron chi connectivity index (χ0n) is 14.3. The van der Waals surface area contributed by atoms with Crippen LogP contribution in [0, 0.1) is 10.1 Å². The second kappa shape index (κ2) is 6.87. The quantitative estimate of drug-likeness (QED) is 0.547. The Morgan fingerprint density at radius 2 is 2.04 bits per heavy atom. The molecule has 0 spiro atoms. The first-order valence-electron chi connectivity index (χ1n) is 8.08. The number of nitro benzene ring substituents is 1. The molecule has 0 saturated carbocycles. The number of nitrogens with zero attached hydrogens (tertiary/aromatic N) is 1. The van der Waals surface area contributed by atoms with Crippen molar-refractivity contribution in [2.24, 2.45) is 0 Å². The molecule has 0 bridgehead atoms. The predicted molar refractivity (Wildman–Crippen MR) is 96.8 cm³/mol. The monoisotopic (exact) mass is 355 g/mol. The predicted octanol–water partition coefficient (Wildman–Crippen LogP) is 4.03. The molecule has 1 aromatic heterocycles. The van der Waals surface area contributed by atoms with Gasteiger partial charge in [-0.3, -0.25) is 14.9 Å². The van der Waals surface area contributed by atoms with Gasteiger partial charge in [0.1, 0.15) is 17.1 Å². The topological polar surface area (TPSA) is 103 Å². The van der Waals surface area contributed by atoms with Crippen LogP contribution in [0.25, 0.3) is 22.3 Å². The minimum Gasteiger partial charge on any atom is -0.508 e. The molecule has 3 rings (SSSR count). The molecule has 2 aromatic carbocycles. The fourth-order valence-electron chi connectivity index (χ4n) is 2.96. The number of methoxy groups -OCH3 is 1. The lowest BCUT2D eigenvalue weighted by Gasteiger charge is -2.10. The molecule has 0 unspecified atom stereocenters. The van der Waals surface area contributed by atoms with Gasteiger partial charge in [0.05, 0.1) is 23.0 Å². The van der Waals surface area contributed by atoms with Crippen LogP contribution in [-0.2, 0) is 6.42 Å². The molecule has 26 heavy (non-hydrogen) atoms. The van der Waals surface area contributed by atoms with E-state index >= 15 is 0 Å². The number of aryl methyl sites for hydroxylation is 1. The van der Waals surface area contributed by atoms with Gasteiger partial charge in [0.25, 0.3) is 0 Å². The molecule has 7 nitrogen and oxygen atoms in total. The van der Waals surface area contributed by atoms with Gasteiger partial charge in [0, 0.05) is 11.6 Å².